The van der Waals surface area contributed by atoms with Crippen molar-refractivity contribution in [1.82, 2.24) is 0 Å². The van der Waals surface area contributed by atoms with Gasteiger partial charge in [0.2, 0.25) is 0 Å². The molecule has 0 fully saturated rings. The molecule has 0 bridgehead atoms. The molecule has 1 atom stereocenters. The van der Waals surface area contributed by atoms with Crippen LogP contribution < -0.4 is 0 Å². The lowest BCUT2D eigenvalue weighted by Gasteiger charge is -2.12. The van der Waals surface area contributed by atoms with Gasteiger partial charge in [-0.3, -0.25) is 0 Å². The van der Waals surface area contributed by atoms with Crippen molar-refractivity contribution in [3.8, 4) is 0 Å². The van der Waals surface area contributed by atoms with Gasteiger partial charge >= 0.3 is 0 Å². The summed E-state index contributed by atoms with van der Waals surface area (Å²) >= 11 is 17.4. The van der Waals surface area contributed by atoms with Gasteiger partial charge in [-0.25, -0.2) is 0 Å². The molecule has 0 aliphatic carbocycles. The van der Waals surface area contributed by atoms with E-state index in [-0.39, 0.29) is 4.83 Å². The molecule has 0 radical (unpaired) electrons. The van der Waals surface area contributed by atoms with Crippen LogP contribution in [0.5, 0.6) is 0 Å². The van der Waals surface area contributed by atoms with Gasteiger partial charge in [0, 0.05) is 9.90 Å². The van der Waals surface area contributed by atoms with Crippen LogP contribution in [0.4, 0.5) is 0 Å². The molecule has 0 amide bonds. The van der Waals surface area contributed by atoms with Crippen molar-refractivity contribution < 1.29 is 0 Å². The van der Waals surface area contributed by atoms with Gasteiger partial charge in [-0.05, 0) is 41.6 Å². The quantitative estimate of drug-likeness (QED) is 0.604. The zero-order valence-electron chi connectivity index (χ0n) is 8.51. The number of benzene rings is 1. The molecular weight excluding hydrogens is 327 g/mol. The molecule has 0 aliphatic rings. The molecule has 84 valence electrons. The summed E-state index contributed by atoms with van der Waals surface area (Å²) < 4.78 is 0. The van der Waals surface area contributed by atoms with Crippen molar-refractivity contribution in [2.45, 2.75) is 11.8 Å². The Morgan fingerprint density at radius 3 is 2.56 bits per heavy atom. The number of aryl methyl sites for hydroxylation is 1. The second-order valence-corrected chi connectivity index (χ2v) is 6.20. The SMILES string of the molecule is Cc1cc(Cl)ccc1C(Br)c1sccc1Cl. The van der Waals surface area contributed by atoms with Crippen molar-refractivity contribution in [3.63, 3.8) is 0 Å². The predicted molar refractivity (Wildman–Crippen MR) is 76.3 cm³/mol. The Morgan fingerprint density at radius 1 is 1.25 bits per heavy atom. The summed E-state index contributed by atoms with van der Waals surface area (Å²) in [5, 5.41) is 3.57. The summed E-state index contributed by atoms with van der Waals surface area (Å²) in [6, 6.07) is 7.82. The van der Waals surface area contributed by atoms with Crippen molar-refractivity contribution in [1.29, 1.82) is 0 Å². The smallest absolute Gasteiger partial charge is 0.0755 e. The van der Waals surface area contributed by atoms with Crippen LogP contribution >= 0.6 is 50.5 Å². The molecule has 0 spiro atoms. The summed E-state index contributed by atoms with van der Waals surface area (Å²) in [6.45, 7) is 2.05. The van der Waals surface area contributed by atoms with E-state index in [1.54, 1.807) is 11.3 Å². The molecule has 4 heteroatoms. The van der Waals surface area contributed by atoms with E-state index in [0.29, 0.717) is 0 Å². The van der Waals surface area contributed by atoms with Crippen LogP contribution in [-0.4, -0.2) is 0 Å². The lowest BCUT2D eigenvalue weighted by atomic mass is 10.1. The first-order valence-corrected chi connectivity index (χ1v) is 7.27. The van der Waals surface area contributed by atoms with Gasteiger partial charge in [0.25, 0.3) is 0 Å². The first-order chi connectivity index (χ1) is 7.59. The van der Waals surface area contributed by atoms with Crippen LogP contribution in [-0.2, 0) is 0 Å². The van der Waals surface area contributed by atoms with Gasteiger partial charge in [0.1, 0.15) is 0 Å². The number of hydrogen-bond donors (Lipinski definition) is 0. The van der Waals surface area contributed by atoms with Crippen LogP contribution in [0.3, 0.4) is 0 Å². The monoisotopic (exact) mass is 334 g/mol. The zero-order valence-corrected chi connectivity index (χ0v) is 12.4. The summed E-state index contributed by atoms with van der Waals surface area (Å²) in [5.41, 5.74) is 2.37. The Kier molecular flexibility index (Phi) is 3.96. The molecule has 1 unspecified atom stereocenters. The summed E-state index contributed by atoms with van der Waals surface area (Å²) in [4.78, 5) is 1.27. The fraction of sp³-hybridized carbons (Fsp3) is 0.167. The van der Waals surface area contributed by atoms with E-state index < -0.39 is 0 Å². The summed E-state index contributed by atoms with van der Waals surface area (Å²) in [5.74, 6) is 0. The van der Waals surface area contributed by atoms with Crippen molar-refractivity contribution in [2.75, 3.05) is 0 Å². The fourth-order valence-electron chi connectivity index (χ4n) is 1.55. The first-order valence-electron chi connectivity index (χ1n) is 4.72. The Labute approximate surface area is 117 Å². The lowest BCUT2D eigenvalue weighted by molar-refractivity contribution is 1.18. The van der Waals surface area contributed by atoms with Crippen molar-refractivity contribution in [3.05, 3.63) is 55.7 Å². The van der Waals surface area contributed by atoms with Crippen LogP contribution in [0, 0.1) is 6.92 Å². The van der Waals surface area contributed by atoms with E-state index in [1.165, 1.54) is 11.1 Å². The molecule has 0 nitrogen and oxygen atoms in total. The van der Waals surface area contributed by atoms with E-state index >= 15 is 0 Å². The highest BCUT2D eigenvalue weighted by Gasteiger charge is 2.16. The van der Waals surface area contributed by atoms with Crippen LogP contribution in [0.1, 0.15) is 20.8 Å². The number of hydrogen-bond acceptors (Lipinski definition) is 1. The van der Waals surface area contributed by atoms with Crippen LogP contribution in [0.2, 0.25) is 10.0 Å². The maximum absolute atomic E-state index is 6.12. The normalized spacial score (nSPS) is 12.8. The van der Waals surface area contributed by atoms with E-state index in [0.717, 1.165) is 14.9 Å². The molecule has 1 aromatic heterocycles. The topological polar surface area (TPSA) is 0 Å². The third-order valence-corrected chi connectivity index (χ3v) is 5.29. The van der Waals surface area contributed by atoms with Gasteiger partial charge in [-0.15, -0.1) is 11.3 Å². The Balaban J connectivity index is 2.41. The number of thiophene rings is 1. The third kappa shape index (κ3) is 2.45. The lowest BCUT2D eigenvalue weighted by Crippen LogP contribution is -1.93. The zero-order chi connectivity index (χ0) is 11.7. The highest BCUT2D eigenvalue weighted by atomic mass is 79.9. The van der Waals surface area contributed by atoms with Crippen molar-refractivity contribution >= 4 is 50.5 Å². The van der Waals surface area contributed by atoms with Gasteiger partial charge in [0.15, 0.2) is 0 Å². The fourth-order valence-corrected chi connectivity index (χ4v) is 4.15. The van der Waals surface area contributed by atoms with Crippen molar-refractivity contribution in [2.24, 2.45) is 0 Å². The largest absolute Gasteiger partial charge is 0.146 e. The Hall–Kier alpha value is -0.0200. The Bertz CT molecular complexity index is 507. The average Bonchev–Trinajstić information content (AvgIpc) is 2.63. The molecule has 1 aromatic carbocycles. The van der Waals surface area contributed by atoms with Gasteiger partial charge in [0.05, 0.1) is 9.85 Å². The minimum Gasteiger partial charge on any atom is -0.146 e. The number of halogens is 3. The number of alkyl halides is 1. The van der Waals surface area contributed by atoms with Gasteiger partial charge < -0.3 is 0 Å². The molecule has 1 heterocycles. The van der Waals surface area contributed by atoms with Crippen LogP contribution in [0.15, 0.2) is 29.6 Å². The second kappa shape index (κ2) is 5.09. The standard InChI is InChI=1S/C12H9BrCl2S/c1-7-6-8(14)2-3-9(7)11(13)12-10(15)4-5-16-12/h2-6,11H,1H3. The molecule has 0 N–H and O–H groups in total. The number of rotatable bonds is 2. The molecule has 2 aromatic rings. The average molecular weight is 336 g/mol. The minimum absolute atomic E-state index is 0.136. The molecule has 2 rings (SSSR count). The van der Waals surface area contributed by atoms with E-state index in [1.807, 2.05) is 29.6 Å². The third-order valence-electron chi connectivity index (χ3n) is 2.38. The summed E-state index contributed by atoms with van der Waals surface area (Å²) in [7, 11) is 0. The van der Waals surface area contributed by atoms with Gasteiger partial charge in [-0.2, -0.15) is 0 Å². The van der Waals surface area contributed by atoms with E-state index in [4.69, 9.17) is 23.2 Å². The second-order valence-electron chi connectivity index (χ2n) is 3.50. The maximum atomic E-state index is 6.12. The Morgan fingerprint density at radius 2 is 2.00 bits per heavy atom. The molecule has 16 heavy (non-hydrogen) atoms. The van der Waals surface area contributed by atoms with E-state index in [2.05, 4.69) is 22.9 Å². The first kappa shape index (κ1) is 12.4. The highest BCUT2D eigenvalue weighted by Crippen LogP contribution is 2.40. The maximum Gasteiger partial charge on any atom is 0.0755 e. The molecule has 0 saturated carbocycles. The highest BCUT2D eigenvalue weighted by molar-refractivity contribution is 9.09. The molecule has 0 saturated heterocycles. The van der Waals surface area contributed by atoms with Gasteiger partial charge in [-0.1, -0.05) is 45.2 Å². The van der Waals surface area contributed by atoms with Crippen LogP contribution in [0.25, 0.3) is 0 Å². The predicted octanol–water partition coefficient (Wildman–Crippen LogP) is 5.85. The molecular formula is C12H9BrCl2S. The minimum atomic E-state index is 0.136. The summed E-state index contributed by atoms with van der Waals surface area (Å²) in [6.07, 6.45) is 0. The van der Waals surface area contributed by atoms with E-state index in [9.17, 15) is 0 Å². The molecule has 0 aliphatic heterocycles.